The maximum Gasteiger partial charge on any atom is 0.0469 e. The summed E-state index contributed by atoms with van der Waals surface area (Å²) in [7, 11) is 0. The van der Waals surface area contributed by atoms with E-state index >= 15 is 0 Å². The summed E-state index contributed by atoms with van der Waals surface area (Å²) in [5, 5.41) is 0. The molecule has 0 bridgehead atoms. The lowest BCUT2D eigenvalue weighted by atomic mass is 9.87. The van der Waals surface area contributed by atoms with E-state index in [2.05, 4.69) is 48.5 Å². The van der Waals surface area contributed by atoms with Crippen LogP contribution in [0.15, 0.2) is 54.6 Å². The lowest BCUT2D eigenvalue weighted by Crippen LogP contribution is -2.27. The number of nitrogens with two attached hydrogens (primary N) is 1. The second-order valence-corrected chi connectivity index (χ2v) is 5.46. The minimum absolute atomic E-state index is 0. The smallest absolute Gasteiger partial charge is 0.0469 e. The van der Waals surface area contributed by atoms with E-state index in [1.54, 1.807) is 0 Å². The largest absolute Gasteiger partial charge is 0.381 e. The first-order chi connectivity index (χ1) is 9.84. The number of benzene rings is 2. The fourth-order valence-electron chi connectivity index (χ4n) is 2.88. The van der Waals surface area contributed by atoms with Gasteiger partial charge in [0.1, 0.15) is 0 Å². The van der Waals surface area contributed by atoms with Crippen molar-refractivity contribution in [2.45, 2.75) is 18.9 Å². The predicted octanol–water partition coefficient (Wildman–Crippen LogP) is 4.20. The van der Waals surface area contributed by atoms with Crippen LogP contribution >= 0.6 is 12.4 Å². The van der Waals surface area contributed by atoms with Crippen LogP contribution in [0.4, 0.5) is 0 Å². The van der Waals surface area contributed by atoms with Gasteiger partial charge in [-0.15, -0.1) is 12.4 Å². The van der Waals surface area contributed by atoms with Gasteiger partial charge in [0.05, 0.1) is 0 Å². The normalized spacial score (nSPS) is 17.0. The van der Waals surface area contributed by atoms with E-state index < -0.39 is 0 Å². The van der Waals surface area contributed by atoms with E-state index in [1.807, 2.05) is 6.07 Å². The summed E-state index contributed by atoms with van der Waals surface area (Å²) in [6.07, 6.45) is 2.14. The van der Waals surface area contributed by atoms with Crippen molar-refractivity contribution in [2.24, 2.45) is 11.7 Å². The van der Waals surface area contributed by atoms with Gasteiger partial charge in [-0.2, -0.15) is 0 Å². The van der Waals surface area contributed by atoms with Gasteiger partial charge in [-0.3, -0.25) is 0 Å². The predicted molar refractivity (Wildman–Crippen MR) is 89.6 cm³/mol. The molecular formula is C18H22ClNO. The Morgan fingerprint density at radius 1 is 0.857 bits per heavy atom. The van der Waals surface area contributed by atoms with Gasteiger partial charge in [-0.1, -0.05) is 54.6 Å². The van der Waals surface area contributed by atoms with Crippen molar-refractivity contribution < 1.29 is 4.74 Å². The zero-order valence-corrected chi connectivity index (χ0v) is 12.9. The van der Waals surface area contributed by atoms with Crippen LogP contribution in [-0.4, -0.2) is 13.2 Å². The van der Waals surface area contributed by atoms with Crippen molar-refractivity contribution in [1.82, 2.24) is 0 Å². The summed E-state index contributed by atoms with van der Waals surface area (Å²) in [5.41, 5.74) is 10.1. The van der Waals surface area contributed by atoms with E-state index in [0.717, 1.165) is 26.1 Å². The molecule has 2 N–H and O–H groups in total. The molecule has 2 aromatic carbocycles. The molecule has 21 heavy (non-hydrogen) atoms. The van der Waals surface area contributed by atoms with Gasteiger partial charge >= 0.3 is 0 Å². The minimum Gasteiger partial charge on any atom is -0.381 e. The molecule has 0 radical (unpaired) electrons. The van der Waals surface area contributed by atoms with Gasteiger partial charge in [0.15, 0.2) is 0 Å². The Labute approximate surface area is 132 Å². The molecule has 0 unspecified atom stereocenters. The number of halogens is 1. The quantitative estimate of drug-likeness (QED) is 0.922. The van der Waals surface area contributed by atoms with E-state index in [9.17, 15) is 0 Å². The Morgan fingerprint density at radius 3 is 2.05 bits per heavy atom. The Kier molecular flexibility index (Phi) is 5.80. The van der Waals surface area contributed by atoms with Crippen molar-refractivity contribution in [3.63, 3.8) is 0 Å². The van der Waals surface area contributed by atoms with Crippen LogP contribution in [0.25, 0.3) is 11.1 Å². The first kappa shape index (κ1) is 16.0. The van der Waals surface area contributed by atoms with Crippen molar-refractivity contribution >= 4 is 12.4 Å². The topological polar surface area (TPSA) is 35.2 Å². The summed E-state index contributed by atoms with van der Waals surface area (Å²) < 4.78 is 5.41. The van der Waals surface area contributed by atoms with Gasteiger partial charge in [-0.05, 0) is 35.4 Å². The highest BCUT2D eigenvalue weighted by atomic mass is 35.5. The molecule has 1 heterocycles. The standard InChI is InChI=1S/C18H21NO.ClH/c19-18(17-10-12-20-13-11-17)16-8-6-15(7-9-16)14-4-2-1-3-5-14;/h1-9,17-18H,10-13,19H2;1H/t18-;/m1./s1. The molecular weight excluding hydrogens is 282 g/mol. The third kappa shape index (κ3) is 3.85. The fourth-order valence-corrected chi connectivity index (χ4v) is 2.88. The van der Waals surface area contributed by atoms with E-state index in [0.29, 0.717) is 5.92 Å². The summed E-state index contributed by atoms with van der Waals surface area (Å²) in [5.74, 6) is 0.548. The highest BCUT2D eigenvalue weighted by molar-refractivity contribution is 5.85. The van der Waals surface area contributed by atoms with Crippen LogP contribution in [0.2, 0.25) is 0 Å². The Morgan fingerprint density at radius 2 is 1.43 bits per heavy atom. The fraction of sp³-hybridized carbons (Fsp3) is 0.333. The number of ether oxygens (including phenoxy) is 1. The van der Waals surface area contributed by atoms with Crippen LogP contribution in [0.1, 0.15) is 24.4 Å². The first-order valence-corrected chi connectivity index (χ1v) is 7.33. The molecule has 2 nitrogen and oxygen atoms in total. The van der Waals surface area contributed by atoms with Crippen LogP contribution in [0.5, 0.6) is 0 Å². The maximum absolute atomic E-state index is 6.40. The number of rotatable bonds is 3. The summed E-state index contributed by atoms with van der Waals surface area (Å²) in [6, 6.07) is 19.2. The third-order valence-corrected chi connectivity index (χ3v) is 4.18. The molecule has 0 aromatic heterocycles. The van der Waals surface area contributed by atoms with Crippen molar-refractivity contribution in [3.8, 4) is 11.1 Å². The van der Waals surface area contributed by atoms with Gasteiger partial charge in [0.2, 0.25) is 0 Å². The first-order valence-electron chi connectivity index (χ1n) is 7.33. The molecule has 2 aromatic rings. The molecule has 1 aliphatic rings. The zero-order valence-electron chi connectivity index (χ0n) is 12.1. The highest BCUT2D eigenvalue weighted by Crippen LogP contribution is 2.29. The summed E-state index contributed by atoms with van der Waals surface area (Å²) in [4.78, 5) is 0. The molecule has 112 valence electrons. The van der Waals surface area contributed by atoms with Crippen molar-refractivity contribution in [2.75, 3.05) is 13.2 Å². The molecule has 1 fully saturated rings. The Bertz CT molecular complexity index is 535. The van der Waals surface area contributed by atoms with Crippen LogP contribution < -0.4 is 5.73 Å². The monoisotopic (exact) mass is 303 g/mol. The average Bonchev–Trinajstić information content (AvgIpc) is 2.56. The van der Waals surface area contributed by atoms with Crippen LogP contribution in [0, 0.1) is 5.92 Å². The molecule has 3 heteroatoms. The third-order valence-electron chi connectivity index (χ3n) is 4.18. The molecule has 1 saturated heterocycles. The average molecular weight is 304 g/mol. The van der Waals surface area contributed by atoms with E-state index in [1.165, 1.54) is 16.7 Å². The SMILES string of the molecule is Cl.N[C@H](c1ccc(-c2ccccc2)cc1)C1CCOCC1. The van der Waals surface area contributed by atoms with Gasteiger partial charge < -0.3 is 10.5 Å². The van der Waals surface area contributed by atoms with Crippen molar-refractivity contribution in [3.05, 3.63) is 60.2 Å². The van der Waals surface area contributed by atoms with E-state index in [-0.39, 0.29) is 18.4 Å². The number of hydrogen-bond donors (Lipinski definition) is 1. The maximum atomic E-state index is 6.40. The van der Waals surface area contributed by atoms with Crippen LogP contribution in [-0.2, 0) is 4.74 Å². The summed E-state index contributed by atoms with van der Waals surface area (Å²) >= 11 is 0. The molecule has 1 aliphatic heterocycles. The van der Waals surface area contributed by atoms with Gasteiger partial charge in [0.25, 0.3) is 0 Å². The molecule has 0 amide bonds. The molecule has 0 spiro atoms. The van der Waals surface area contributed by atoms with Gasteiger partial charge in [-0.25, -0.2) is 0 Å². The minimum atomic E-state index is 0. The lowest BCUT2D eigenvalue weighted by Gasteiger charge is -2.28. The molecule has 0 aliphatic carbocycles. The molecule has 3 rings (SSSR count). The molecule has 0 saturated carbocycles. The second-order valence-electron chi connectivity index (χ2n) is 5.46. The summed E-state index contributed by atoms with van der Waals surface area (Å²) in [6.45, 7) is 1.70. The highest BCUT2D eigenvalue weighted by Gasteiger charge is 2.22. The lowest BCUT2D eigenvalue weighted by molar-refractivity contribution is 0.0584. The van der Waals surface area contributed by atoms with Crippen LogP contribution in [0.3, 0.4) is 0 Å². The zero-order chi connectivity index (χ0) is 13.8. The molecule has 1 atom stereocenters. The van der Waals surface area contributed by atoms with Crippen molar-refractivity contribution in [1.29, 1.82) is 0 Å². The Balaban J connectivity index is 0.00000161. The van der Waals surface area contributed by atoms with E-state index in [4.69, 9.17) is 10.5 Å². The Hall–Kier alpha value is -1.35. The van der Waals surface area contributed by atoms with Gasteiger partial charge in [0, 0.05) is 19.3 Å². The number of hydrogen-bond acceptors (Lipinski definition) is 2. The second kappa shape index (κ2) is 7.60.